The van der Waals surface area contributed by atoms with Gasteiger partial charge in [-0.25, -0.2) is 9.50 Å². The van der Waals surface area contributed by atoms with Crippen molar-refractivity contribution in [3.05, 3.63) is 28.7 Å². The first-order chi connectivity index (χ1) is 12.9. The fourth-order valence-corrected chi connectivity index (χ4v) is 3.85. The molecule has 1 atom stereocenters. The average Bonchev–Trinajstić information content (AvgIpc) is 3.02. The molecule has 3 heterocycles. The summed E-state index contributed by atoms with van der Waals surface area (Å²) in [5, 5.41) is 4.49. The molecule has 2 aromatic heterocycles. The predicted octanol–water partition coefficient (Wildman–Crippen LogP) is 2.39. The molecule has 0 saturated carbocycles. The number of fused-ring (bicyclic) bond motifs is 1. The van der Waals surface area contributed by atoms with Gasteiger partial charge in [-0.05, 0) is 52.5 Å². The lowest BCUT2D eigenvalue weighted by molar-refractivity contribution is -0.151. The molecular formula is C20H28N4O3. The topological polar surface area (TPSA) is 76.8 Å². The minimum atomic E-state index is -0.198. The van der Waals surface area contributed by atoms with Gasteiger partial charge in [-0.1, -0.05) is 0 Å². The Morgan fingerprint density at radius 1 is 1.30 bits per heavy atom. The standard InChI is InChI=1S/C20H28N4O3/c1-5-27-20(26)16-7-6-10-23(12-16)19(25)9-8-17-14(3)21-18-11-13(2)22-24(18)15(17)4/h11,16H,5-10,12H2,1-4H3/t16-/m0/s1. The van der Waals surface area contributed by atoms with Crippen LogP contribution in [0.25, 0.3) is 5.65 Å². The molecule has 2 aromatic rings. The van der Waals surface area contributed by atoms with Crippen molar-refractivity contribution in [2.24, 2.45) is 5.92 Å². The van der Waals surface area contributed by atoms with E-state index in [4.69, 9.17) is 4.74 Å². The number of amides is 1. The summed E-state index contributed by atoms with van der Waals surface area (Å²) < 4.78 is 6.97. The monoisotopic (exact) mass is 372 g/mol. The van der Waals surface area contributed by atoms with Crippen LogP contribution in [0.15, 0.2) is 6.07 Å². The molecule has 7 nitrogen and oxygen atoms in total. The van der Waals surface area contributed by atoms with E-state index in [1.165, 1.54) is 0 Å². The van der Waals surface area contributed by atoms with E-state index in [0.29, 0.717) is 32.5 Å². The number of carbonyl (C=O) groups excluding carboxylic acids is 2. The highest BCUT2D eigenvalue weighted by Crippen LogP contribution is 2.21. The predicted molar refractivity (Wildman–Crippen MR) is 101 cm³/mol. The number of ether oxygens (including phenoxy) is 1. The first kappa shape index (κ1) is 19.3. The molecule has 146 valence electrons. The average molecular weight is 372 g/mol. The van der Waals surface area contributed by atoms with Gasteiger partial charge in [0.05, 0.1) is 18.2 Å². The van der Waals surface area contributed by atoms with Crippen molar-refractivity contribution in [3.8, 4) is 0 Å². The van der Waals surface area contributed by atoms with Gasteiger partial charge < -0.3 is 9.64 Å². The highest BCUT2D eigenvalue weighted by Gasteiger charge is 2.29. The maximum Gasteiger partial charge on any atom is 0.310 e. The van der Waals surface area contributed by atoms with E-state index in [9.17, 15) is 9.59 Å². The zero-order valence-electron chi connectivity index (χ0n) is 16.6. The van der Waals surface area contributed by atoms with Crippen molar-refractivity contribution >= 4 is 17.5 Å². The first-order valence-corrected chi connectivity index (χ1v) is 9.67. The number of likely N-dealkylation sites (tertiary alicyclic amines) is 1. The molecule has 1 aliphatic heterocycles. The Balaban J connectivity index is 1.67. The van der Waals surface area contributed by atoms with Gasteiger partial charge in [0.25, 0.3) is 0 Å². The second-order valence-electron chi connectivity index (χ2n) is 7.25. The van der Waals surface area contributed by atoms with E-state index in [0.717, 1.165) is 41.1 Å². The van der Waals surface area contributed by atoms with E-state index in [1.807, 2.05) is 31.4 Å². The summed E-state index contributed by atoms with van der Waals surface area (Å²) in [7, 11) is 0. The van der Waals surface area contributed by atoms with Gasteiger partial charge in [-0.2, -0.15) is 5.10 Å². The van der Waals surface area contributed by atoms with Gasteiger partial charge >= 0.3 is 5.97 Å². The molecule has 1 fully saturated rings. The van der Waals surface area contributed by atoms with Crippen LogP contribution in [0.1, 0.15) is 48.8 Å². The number of nitrogens with zero attached hydrogens (tertiary/aromatic N) is 4. The van der Waals surface area contributed by atoms with E-state index >= 15 is 0 Å². The molecule has 0 aliphatic carbocycles. The molecule has 1 aliphatic rings. The summed E-state index contributed by atoms with van der Waals surface area (Å²) in [5.41, 5.74) is 4.80. The van der Waals surface area contributed by atoms with Crippen LogP contribution in [0.3, 0.4) is 0 Å². The zero-order chi connectivity index (χ0) is 19.6. The van der Waals surface area contributed by atoms with Crippen LogP contribution in [0.5, 0.6) is 0 Å². The zero-order valence-corrected chi connectivity index (χ0v) is 16.6. The van der Waals surface area contributed by atoms with E-state index in [1.54, 1.807) is 11.8 Å². The van der Waals surface area contributed by atoms with Gasteiger partial charge in [0.1, 0.15) is 0 Å². The molecule has 0 spiro atoms. The van der Waals surface area contributed by atoms with Crippen molar-refractivity contribution in [2.75, 3.05) is 19.7 Å². The molecule has 3 rings (SSSR count). The summed E-state index contributed by atoms with van der Waals surface area (Å²) in [4.78, 5) is 31.1. The van der Waals surface area contributed by atoms with Crippen LogP contribution < -0.4 is 0 Å². The van der Waals surface area contributed by atoms with Gasteiger partial charge in [0.15, 0.2) is 5.65 Å². The highest BCUT2D eigenvalue weighted by molar-refractivity contribution is 5.78. The molecule has 1 saturated heterocycles. The smallest absolute Gasteiger partial charge is 0.310 e. The SMILES string of the molecule is CCOC(=O)[C@H]1CCCN(C(=O)CCc2c(C)nc3cc(C)nn3c2C)C1. The Labute approximate surface area is 159 Å². The minimum Gasteiger partial charge on any atom is -0.466 e. The second kappa shape index (κ2) is 8.06. The summed E-state index contributed by atoms with van der Waals surface area (Å²) in [6, 6.07) is 1.96. The van der Waals surface area contributed by atoms with Crippen LogP contribution in [0.4, 0.5) is 0 Å². The van der Waals surface area contributed by atoms with Crippen LogP contribution in [0, 0.1) is 26.7 Å². The lowest BCUT2D eigenvalue weighted by atomic mass is 9.97. The molecular weight excluding hydrogens is 344 g/mol. The number of aromatic nitrogens is 3. The second-order valence-corrected chi connectivity index (χ2v) is 7.25. The van der Waals surface area contributed by atoms with Crippen molar-refractivity contribution < 1.29 is 14.3 Å². The maximum absolute atomic E-state index is 12.7. The normalized spacial score (nSPS) is 17.3. The Morgan fingerprint density at radius 3 is 2.81 bits per heavy atom. The number of piperidine rings is 1. The number of aryl methyl sites for hydroxylation is 3. The number of carbonyl (C=O) groups is 2. The number of rotatable bonds is 5. The van der Waals surface area contributed by atoms with Crippen LogP contribution in [-0.4, -0.2) is 51.1 Å². The molecule has 27 heavy (non-hydrogen) atoms. The van der Waals surface area contributed by atoms with Crippen LogP contribution in [0.2, 0.25) is 0 Å². The number of hydrogen-bond donors (Lipinski definition) is 0. The van der Waals surface area contributed by atoms with Gasteiger partial charge in [-0.3, -0.25) is 9.59 Å². The first-order valence-electron chi connectivity index (χ1n) is 9.67. The largest absolute Gasteiger partial charge is 0.466 e. The molecule has 0 unspecified atom stereocenters. The van der Waals surface area contributed by atoms with Crippen molar-refractivity contribution in [1.82, 2.24) is 19.5 Å². The minimum absolute atomic E-state index is 0.0829. The quantitative estimate of drug-likeness (QED) is 0.753. The molecule has 0 N–H and O–H groups in total. The summed E-state index contributed by atoms with van der Waals surface area (Å²) in [6.45, 7) is 9.31. The fourth-order valence-electron chi connectivity index (χ4n) is 3.85. The van der Waals surface area contributed by atoms with Crippen molar-refractivity contribution in [2.45, 2.75) is 53.4 Å². The summed E-state index contributed by atoms with van der Waals surface area (Å²) >= 11 is 0. The Morgan fingerprint density at radius 2 is 2.07 bits per heavy atom. The Bertz CT molecular complexity index is 859. The Hall–Kier alpha value is -2.44. The van der Waals surface area contributed by atoms with Crippen LogP contribution >= 0.6 is 0 Å². The van der Waals surface area contributed by atoms with Crippen molar-refractivity contribution in [3.63, 3.8) is 0 Å². The lowest BCUT2D eigenvalue weighted by Gasteiger charge is -2.31. The number of hydrogen-bond acceptors (Lipinski definition) is 5. The highest BCUT2D eigenvalue weighted by atomic mass is 16.5. The van der Waals surface area contributed by atoms with E-state index < -0.39 is 0 Å². The van der Waals surface area contributed by atoms with Crippen molar-refractivity contribution in [1.29, 1.82) is 0 Å². The molecule has 7 heteroatoms. The number of esters is 1. The third-order valence-electron chi connectivity index (χ3n) is 5.27. The molecule has 0 bridgehead atoms. The maximum atomic E-state index is 12.7. The van der Waals surface area contributed by atoms with Gasteiger partial charge in [-0.15, -0.1) is 0 Å². The fraction of sp³-hybridized carbons (Fsp3) is 0.600. The third kappa shape index (κ3) is 4.12. The summed E-state index contributed by atoms with van der Waals surface area (Å²) in [5.74, 6) is -0.305. The summed E-state index contributed by atoms with van der Waals surface area (Å²) in [6.07, 6.45) is 2.66. The Kier molecular flexibility index (Phi) is 5.77. The lowest BCUT2D eigenvalue weighted by Crippen LogP contribution is -2.42. The third-order valence-corrected chi connectivity index (χ3v) is 5.27. The van der Waals surface area contributed by atoms with E-state index in [2.05, 4.69) is 10.1 Å². The molecule has 0 radical (unpaired) electrons. The molecule has 1 amide bonds. The molecule has 0 aromatic carbocycles. The van der Waals surface area contributed by atoms with Crippen LogP contribution in [-0.2, 0) is 20.7 Å². The van der Waals surface area contributed by atoms with Gasteiger partial charge in [0.2, 0.25) is 5.91 Å². The van der Waals surface area contributed by atoms with Gasteiger partial charge in [0, 0.05) is 37.0 Å². The van der Waals surface area contributed by atoms with E-state index in [-0.39, 0.29) is 17.8 Å².